The predicted molar refractivity (Wildman–Crippen MR) is 194 cm³/mol. The molecule has 276 valence electrons. The molecule has 0 spiro atoms. The van der Waals surface area contributed by atoms with Crippen molar-refractivity contribution in [2.75, 3.05) is 6.61 Å². The number of alkyl halides is 2. The minimum absolute atomic E-state index is 0.257. The molecule has 2 amide bonds. The van der Waals surface area contributed by atoms with Crippen LogP contribution in [-0.2, 0) is 25.5 Å². The summed E-state index contributed by atoms with van der Waals surface area (Å²) in [6.45, 7) is 5.80. The van der Waals surface area contributed by atoms with Crippen molar-refractivity contribution in [3.8, 4) is 5.75 Å². The van der Waals surface area contributed by atoms with Gasteiger partial charge in [0.15, 0.2) is 6.04 Å². The number of carbonyl (C=O) groups excluding carboxylic acids is 2. The molecule has 3 aromatic carbocycles. The normalized spacial score (nSPS) is 22.1. The third-order valence-corrected chi connectivity index (χ3v) is 12.1. The first-order valence-corrected chi connectivity index (χ1v) is 20.0. The molecule has 3 unspecified atom stereocenters. The van der Waals surface area contributed by atoms with Gasteiger partial charge in [-0.15, -0.1) is 0 Å². The minimum Gasteiger partial charge on any atom is -0.493 e. The number of hydrogen-bond donors (Lipinski definition) is 2. The lowest BCUT2D eigenvalue weighted by molar-refractivity contribution is -0.149. The van der Waals surface area contributed by atoms with Crippen LogP contribution in [0.5, 0.6) is 5.75 Å². The number of rotatable bonds is 10. The number of nitrogens with zero attached hydrogens (tertiary/aromatic N) is 1. The molecule has 3 fully saturated rings. The van der Waals surface area contributed by atoms with Crippen molar-refractivity contribution in [1.82, 2.24) is 14.9 Å². The van der Waals surface area contributed by atoms with Gasteiger partial charge < -0.3 is 19.7 Å². The van der Waals surface area contributed by atoms with E-state index in [4.69, 9.17) is 9.47 Å². The Bertz CT molecular complexity index is 1830. The molecule has 3 aliphatic rings. The van der Waals surface area contributed by atoms with Crippen LogP contribution in [0.2, 0.25) is 0 Å². The molecule has 1 aliphatic carbocycles. The largest absolute Gasteiger partial charge is 0.493 e. The van der Waals surface area contributed by atoms with Crippen LogP contribution in [0.1, 0.15) is 84.1 Å². The van der Waals surface area contributed by atoms with Gasteiger partial charge in [0.05, 0.1) is 11.5 Å². The highest BCUT2D eigenvalue weighted by Crippen LogP contribution is 2.41. The smallest absolute Gasteiger partial charge is 0.407 e. The van der Waals surface area contributed by atoms with Crippen LogP contribution in [-0.4, -0.2) is 61.7 Å². The van der Waals surface area contributed by atoms with Gasteiger partial charge in [-0.1, -0.05) is 53.4 Å². The van der Waals surface area contributed by atoms with Crippen LogP contribution in [0.25, 0.3) is 10.8 Å². The van der Waals surface area contributed by atoms with Crippen LogP contribution in [0.3, 0.4) is 0 Å². The molecule has 6 rings (SSSR count). The van der Waals surface area contributed by atoms with Crippen LogP contribution < -0.4 is 14.8 Å². The third-order valence-electron chi connectivity index (χ3n) is 10.1. The first-order chi connectivity index (χ1) is 24.1. The molecular formula is C38H46BrF2N3O6S. The number of ether oxygens (including phenoxy) is 2. The molecule has 0 radical (unpaired) electrons. The zero-order valence-corrected chi connectivity index (χ0v) is 31.6. The Kier molecular flexibility index (Phi) is 11.0. The first-order valence-electron chi connectivity index (χ1n) is 17.7. The van der Waals surface area contributed by atoms with Gasteiger partial charge in [0.25, 0.3) is 5.92 Å². The molecular weight excluding hydrogens is 744 g/mol. The quantitative estimate of drug-likeness (QED) is 0.215. The number of sulfonamides is 1. The Balaban J connectivity index is 1.25. The highest BCUT2D eigenvalue weighted by atomic mass is 79.9. The summed E-state index contributed by atoms with van der Waals surface area (Å²) >= 11 is 3.40. The Labute approximate surface area is 307 Å². The van der Waals surface area contributed by atoms with Crippen LogP contribution >= 0.6 is 15.9 Å². The summed E-state index contributed by atoms with van der Waals surface area (Å²) < 4.78 is 75.5. The zero-order valence-electron chi connectivity index (χ0n) is 29.2. The number of nitrogens with one attached hydrogen (secondary N) is 2. The molecule has 2 bridgehead atoms. The fourth-order valence-corrected chi connectivity index (χ4v) is 9.22. The van der Waals surface area contributed by atoms with E-state index in [1.54, 1.807) is 39.0 Å². The number of amides is 2. The fraction of sp³-hybridized carbons (Fsp3) is 0.526. The maximum atomic E-state index is 16.8. The monoisotopic (exact) mass is 789 g/mol. The second kappa shape index (κ2) is 15.0. The number of carbonyl (C=O) groups is 2. The maximum Gasteiger partial charge on any atom is 0.407 e. The van der Waals surface area contributed by atoms with Crippen LogP contribution in [0, 0.1) is 5.92 Å². The summed E-state index contributed by atoms with van der Waals surface area (Å²) in [6.07, 6.45) is 6.91. The lowest BCUT2D eigenvalue weighted by Crippen LogP contribution is -2.61. The van der Waals surface area contributed by atoms with E-state index in [1.165, 1.54) is 66.6 Å². The highest BCUT2D eigenvalue weighted by molar-refractivity contribution is 9.10. The molecule has 2 saturated heterocycles. The topological polar surface area (TPSA) is 114 Å². The lowest BCUT2D eigenvalue weighted by atomic mass is 9.90. The van der Waals surface area contributed by atoms with E-state index in [2.05, 4.69) is 26.0 Å². The Morgan fingerprint density at radius 1 is 0.902 bits per heavy atom. The number of piperidine rings is 1. The van der Waals surface area contributed by atoms with Crippen molar-refractivity contribution in [3.05, 3.63) is 70.7 Å². The van der Waals surface area contributed by atoms with E-state index in [-0.39, 0.29) is 10.9 Å². The molecule has 2 N–H and O–H groups in total. The lowest BCUT2D eigenvalue weighted by Gasteiger charge is -2.42. The molecule has 9 nitrogen and oxygen atoms in total. The van der Waals surface area contributed by atoms with Crippen molar-refractivity contribution in [1.29, 1.82) is 0 Å². The van der Waals surface area contributed by atoms with Gasteiger partial charge in [-0.05, 0) is 118 Å². The molecule has 1 saturated carbocycles. The van der Waals surface area contributed by atoms with Crippen LogP contribution in [0.4, 0.5) is 13.6 Å². The van der Waals surface area contributed by atoms with Crippen molar-refractivity contribution in [3.63, 3.8) is 0 Å². The molecule has 0 aromatic heterocycles. The summed E-state index contributed by atoms with van der Waals surface area (Å²) in [7, 11) is -4.61. The summed E-state index contributed by atoms with van der Waals surface area (Å²) in [5.74, 6) is -4.00. The Morgan fingerprint density at radius 2 is 1.53 bits per heavy atom. The standard InChI is InChI=1S/C38H46BrF2N3O6S/c1-37(2,3)50-36(46)42-29-21-30-13-14-31(22-29)44(30)35(45)34(38(40,41)27-11-9-26-20-28(39)12-10-25(26)19-27)43-51(47,48)33-17-15-32(16-18-33)49-23-24-7-5-4-6-8-24/h9-12,15-20,24,29-31,34,43H,4-8,13-14,21-23H2,1-3H3,(H,42,46). The Morgan fingerprint density at radius 3 is 2.18 bits per heavy atom. The highest BCUT2D eigenvalue weighted by Gasteiger charge is 2.54. The average Bonchev–Trinajstić information content (AvgIpc) is 3.35. The molecule has 3 atom stereocenters. The minimum atomic E-state index is -4.61. The van der Waals surface area contributed by atoms with E-state index in [1.807, 2.05) is 0 Å². The first kappa shape index (κ1) is 37.5. The summed E-state index contributed by atoms with van der Waals surface area (Å²) in [5.41, 5.74) is -1.18. The summed E-state index contributed by atoms with van der Waals surface area (Å²) in [5, 5.41) is 4.08. The van der Waals surface area contributed by atoms with Gasteiger partial charge in [0.2, 0.25) is 15.9 Å². The van der Waals surface area contributed by atoms with Crippen LogP contribution in [0.15, 0.2) is 70.0 Å². The maximum absolute atomic E-state index is 16.8. The number of benzene rings is 3. The number of alkyl carbamates (subject to hydrolysis) is 1. The van der Waals surface area contributed by atoms with E-state index >= 15 is 8.78 Å². The van der Waals surface area contributed by atoms with Crippen molar-refractivity contribution >= 4 is 48.7 Å². The van der Waals surface area contributed by atoms with Gasteiger partial charge in [0, 0.05) is 28.2 Å². The molecule has 51 heavy (non-hydrogen) atoms. The van der Waals surface area contributed by atoms with E-state index in [0.717, 1.165) is 17.3 Å². The van der Waals surface area contributed by atoms with Crippen molar-refractivity contribution in [2.45, 2.75) is 119 Å². The second-order valence-corrected chi connectivity index (χ2v) is 17.7. The van der Waals surface area contributed by atoms with Gasteiger partial charge in [-0.25, -0.2) is 13.2 Å². The third kappa shape index (κ3) is 8.85. The second-order valence-electron chi connectivity index (χ2n) is 15.1. The summed E-state index contributed by atoms with van der Waals surface area (Å²) in [6, 6.07) is 11.2. The molecule has 3 aromatic rings. The van der Waals surface area contributed by atoms with E-state index in [9.17, 15) is 18.0 Å². The van der Waals surface area contributed by atoms with E-state index < -0.39 is 57.2 Å². The van der Waals surface area contributed by atoms with Crippen molar-refractivity contribution < 1.29 is 36.3 Å². The summed E-state index contributed by atoms with van der Waals surface area (Å²) in [4.78, 5) is 28.0. The molecule has 13 heteroatoms. The molecule has 2 aliphatic heterocycles. The SMILES string of the molecule is CC(C)(C)OC(=O)NC1CC2CCC(C1)N2C(=O)C(NS(=O)(=O)c1ccc(OCC2CCCCC2)cc1)C(F)(F)c1ccc2cc(Br)ccc2c1. The van der Waals surface area contributed by atoms with Gasteiger partial charge >= 0.3 is 6.09 Å². The number of halogens is 3. The van der Waals surface area contributed by atoms with Gasteiger partial charge in [-0.3, -0.25) is 4.79 Å². The predicted octanol–water partition coefficient (Wildman–Crippen LogP) is 8.05. The average molecular weight is 791 g/mol. The number of hydrogen-bond acceptors (Lipinski definition) is 6. The van der Waals surface area contributed by atoms with Gasteiger partial charge in [-0.2, -0.15) is 13.5 Å². The molecule has 2 heterocycles. The van der Waals surface area contributed by atoms with E-state index in [0.29, 0.717) is 54.7 Å². The number of fused-ring (bicyclic) bond motifs is 3. The van der Waals surface area contributed by atoms with Crippen molar-refractivity contribution in [2.24, 2.45) is 5.92 Å². The fourth-order valence-electron chi connectivity index (χ4n) is 7.65. The zero-order chi connectivity index (χ0) is 36.6. The van der Waals surface area contributed by atoms with Gasteiger partial charge in [0.1, 0.15) is 11.4 Å². The Hall–Kier alpha value is -3.29.